The molecule has 1 fully saturated rings. The number of carboxylic acid groups (broad SMARTS) is 1. The van der Waals surface area contributed by atoms with Crippen LogP contribution in [-0.4, -0.2) is 42.6 Å². The van der Waals surface area contributed by atoms with Crippen molar-refractivity contribution < 1.29 is 27.1 Å². The summed E-state index contributed by atoms with van der Waals surface area (Å²) in [7, 11) is -4.63. The van der Waals surface area contributed by atoms with Gasteiger partial charge in [-0.15, -0.1) is 0 Å². The maximum absolute atomic E-state index is 12.1. The van der Waals surface area contributed by atoms with E-state index in [0.717, 1.165) is 0 Å². The van der Waals surface area contributed by atoms with Gasteiger partial charge in [0.15, 0.2) is 0 Å². The fourth-order valence-electron chi connectivity index (χ4n) is 1.49. The summed E-state index contributed by atoms with van der Waals surface area (Å²) in [4.78, 5) is 10.6. The van der Waals surface area contributed by atoms with Gasteiger partial charge in [0.2, 0.25) is 0 Å². The van der Waals surface area contributed by atoms with Gasteiger partial charge in [0.1, 0.15) is 0 Å². The van der Waals surface area contributed by atoms with Crippen molar-refractivity contribution in [2.24, 2.45) is 5.92 Å². The fourth-order valence-corrected chi connectivity index (χ4v) is 2.48. The first-order valence-electron chi connectivity index (χ1n) is 4.35. The van der Waals surface area contributed by atoms with Gasteiger partial charge in [0, 0.05) is 13.1 Å². The predicted molar refractivity (Wildman–Crippen MR) is 46.9 cm³/mol. The molecular formula is C7H11F2NO4S. The third-order valence-electron chi connectivity index (χ3n) is 2.32. The van der Waals surface area contributed by atoms with Crippen molar-refractivity contribution in [3.8, 4) is 0 Å². The molecule has 1 aliphatic rings. The largest absolute Gasteiger partial charge is 0.481 e. The molecule has 0 saturated carbocycles. The molecule has 1 saturated heterocycles. The maximum Gasteiger partial charge on any atom is 0.350 e. The lowest BCUT2D eigenvalue weighted by Gasteiger charge is -2.29. The fraction of sp³-hybridized carbons (Fsp3) is 0.857. The minimum absolute atomic E-state index is 0.0313. The average Bonchev–Trinajstić information content (AvgIpc) is 2.17. The molecule has 1 N–H and O–H groups in total. The molecule has 0 radical (unpaired) electrons. The van der Waals surface area contributed by atoms with Crippen LogP contribution in [0.25, 0.3) is 0 Å². The Balaban J connectivity index is 2.77. The van der Waals surface area contributed by atoms with E-state index < -0.39 is 27.7 Å². The summed E-state index contributed by atoms with van der Waals surface area (Å²) in [5.74, 6) is -5.51. The van der Waals surface area contributed by atoms with Crippen molar-refractivity contribution in [3.05, 3.63) is 0 Å². The van der Waals surface area contributed by atoms with Crippen LogP contribution in [0, 0.1) is 5.92 Å². The first kappa shape index (κ1) is 12.3. The number of hydrogen-bond donors (Lipinski definition) is 1. The number of carbonyl (C=O) groups is 1. The third-order valence-corrected chi connectivity index (χ3v) is 3.82. The number of carboxylic acids is 1. The van der Waals surface area contributed by atoms with Crippen molar-refractivity contribution >= 4 is 16.0 Å². The Hall–Kier alpha value is -0.760. The van der Waals surface area contributed by atoms with E-state index in [4.69, 9.17) is 5.11 Å². The van der Waals surface area contributed by atoms with Crippen molar-refractivity contribution in [3.63, 3.8) is 0 Å². The van der Waals surface area contributed by atoms with Crippen molar-refractivity contribution in [1.82, 2.24) is 4.31 Å². The van der Waals surface area contributed by atoms with Crippen LogP contribution in [0.15, 0.2) is 0 Å². The molecule has 1 heterocycles. The monoisotopic (exact) mass is 243 g/mol. The Kier molecular flexibility index (Phi) is 3.61. The Labute approximate surface area is 85.7 Å². The minimum Gasteiger partial charge on any atom is -0.481 e. The quantitative estimate of drug-likeness (QED) is 0.775. The number of sulfonamides is 1. The van der Waals surface area contributed by atoms with Gasteiger partial charge >= 0.3 is 11.7 Å². The van der Waals surface area contributed by atoms with Crippen LogP contribution in [0.5, 0.6) is 0 Å². The molecule has 0 aromatic rings. The number of nitrogens with zero attached hydrogens (tertiary/aromatic N) is 1. The van der Waals surface area contributed by atoms with E-state index in [-0.39, 0.29) is 13.1 Å². The molecular weight excluding hydrogens is 232 g/mol. The molecule has 5 nitrogen and oxygen atoms in total. The zero-order valence-corrected chi connectivity index (χ0v) is 8.58. The first-order chi connectivity index (χ1) is 6.85. The van der Waals surface area contributed by atoms with Gasteiger partial charge in [-0.1, -0.05) is 0 Å². The lowest BCUT2D eigenvalue weighted by atomic mass is 10.0. The summed E-state index contributed by atoms with van der Waals surface area (Å²) in [5, 5.41) is 8.65. The summed E-state index contributed by atoms with van der Waals surface area (Å²) < 4.78 is 46.9. The number of halogens is 2. The highest BCUT2D eigenvalue weighted by molar-refractivity contribution is 7.89. The summed E-state index contributed by atoms with van der Waals surface area (Å²) in [6.07, 6.45) is 0.619. The van der Waals surface area contributed by atoms with E-state index in [9.17, 15) is 22.0 Å². The third kappa shape index (κ3) is 2.63. The molecule has 1 rings (SSSR count). The van der Waals surface area contributed by atoms with Crippen LogP contribution in [0.2, 0.25) is 0 Å². The molecule has 0 aromatic carbocycles. The lowest BCUT2D eigenvalue weighted by Crippen LogP contribution is -2.44. The molecule has 1 atom stereocenters. The van der Waals surface area contributed by atoms with Gasteiger partial charge in [-0.2, -0.15) is 13.1 Å². The SMILES string of the molecule is O=C(O)[C@@H]1CCCN(S(=O)(=O)C(F)F)C1. The zero-order chi connectivity index (χ0) is 11.6. The molecule has 0 aromatic heterocycles. The van der Waals surface area contributed by atoms with Crippen LogP contribution in [0.1, 0.15) is 12.8 Å². The standard InChI is InChI=1S/C7H11F2NO4S/c8-7(9)15(13,14)10-3-1-2-5(4-10)6(11)12/h5,7H,1-4H2,(H,11,12)/t5-/m1/s1. The molecule has 0 unspecified atom stereocenters. The van der Waals surface area contributed by atoms with E-state index in [1.807, 2.05) is 0 Å². The van der Waals surface area contributed by atoms with Gasteiger partial charge in [-0.25, -0.2) is 8.42 Å². The van der Waals surface area contributed by atoms with Crippen LogP contribution in [0.4, 0.5) is 8.78 Å². The summed E-state index contributed by atoms with van der Waals surface area (Å²) in [5.41, 5.74) is 0. The van der Waals surface area contributed by atoms with Gasteiger partial charge < -0.3 is 5.11 Å². The predicted octanol–water partition coefficient (Wildman–Crippen LogP) is 0.335. The Morgan fingerprint density at radius 1 is 1.47 bits per heavy atom. The second kappa shape index (κ2) is 4.40. The van der Waals surface area contributed by atoms with Crippen LogP contribution < -0.4 is 0 Å². The second-order valence-corrected chi connectivity index (χ2v) is 5.24. The highest BCUT2D eigenvalue weighted by Crippen LogP contribution is 2.22. The molecule has 0 aliphatic carbocycles. The van der Waals surface area contributed by atoms with Gasteiger partial charge in [0.05, 0.1) is 5.92 Å². The Morgan fingerprint density at radius 3 is 2.53 bits per heavy atom. The number of aliphatic carboxylic acids is 1. The van der Waals surface area contributed by atoms with Gasteiger partial charge in [0.25, 0.3) is 10.0 Å². The Morgan fingerprint density at radius 2 is 2.07 bits per heavy atom. The number of hydrogen-bond acceptors (Lipinski definition) is 3. The highest BCUT2D eigenvalue weighted by Gasteiger charge is 2.37. The number of alkyl halides is 2. The van der Waals surface area contributed by atoms with E-state index in [1.54, 1.807) is 0 Å². The summed E-state index contributed by atoms with van der Waals surface area (Å²) in [6, 6.07) is 0. The second-order valence-electron chi connectivity index (χ2n) is 3.34. The molecule has 0 bridgehead atoms. The van der Waals surface area contributed by atoms with E-state index in [0.29, 0.717) is 17.1 Å². The van der Waals surface area contributed by atoms with Crippen molar-refractivity contribution in [2.45, 2.75) is 18.6 Å². The molecule has 1 aliphatic heterocycles. The number of piperidine rings is 1. The average molecular weight is 243 g/mol. The topological polar surface area (TPSA) is 74.7 Å². The van der Waals surface area contributed by atoms with Crippen LogP contribution in [-0.2, 0) is 14.8 Å². The van der Waals surface area contributed by atoms with Gasteiger partial charge in [-0.3, -0.25) is 4.79 Å². The van der Waals surface area contributed by atoms with E-state index in [2.05, 4.69) is 0 Å². The minimum atomic E-state index is -4.63. The normalized spacial score (nSPS) is 24.3. The van der Waals surface area contributed by atoms with Gasteiger partial charge in [-0.05, 0) is 12.8 Å². The molecule has 0 amide bonds. The lowest BCUT2D eigenvalue weighted by molar-refractivity contribution is -0.142. The van der Waals surface area contributed by atoms with E-state index >= 15 is 0 Å². The smallest absolute Gasteiger partial charge is 0.350 e. The zero-order valence-electron chi connectivity index (χ0n) is 7.77. The number of rotatable bonds is 3. The van der Waals surface area contributed by atoms with Crippen molar-refractivity contribution in [2.75, 3.05) is 13.1 Å². The molecule has 8 heteroatoms. The maximum atomic E-state index is 12.1. The highest BCUT2D eigenvalue weighted by atomic mass is 32.2. The molecule has 15 heavy (non-hydrogen) atoms. The van der Waals surface area contributed by atoms with E-state index in [1.165, 1.54) is 0 Å². The van der Waals surface area contributed by atoms with Crippen LogP contribution in [0.3, 0.4) is 0 Å². The Bertz CT molecular complexity index is 343. The summed E-state index contributed by atoms with van der Waals surface area (Å²) in [6.45, 7) is -0.390. The van der Waals surface area contributed by atoms with Crippen LogP contribution >= 0.6 is 0 Å². The molecule has 0 spiro atoms. The first-order valence-corrected chi connectivity index (χ1v) is 5.86. The van der Waals surface area contributed by atoms with Crippen molar-refractivity contribution in [1.29, 1.82) is 0 Å². The molecule has 88 valence electrons. The summed E-state index contributed by atoms with van der Waals surface area (Å²) >= 11 is 0.